The van der Waals surface area contributed by atoms with Gasteiger partial charge in [0.25, 0.3) is 0 Å². The summed E-state index contributed by atoms with van der Waals surface area (Å²) in [7, 11) is 3.30. The number of nitrogens with one attached hydrogen (secondary N) is 2. The van der Waals surface area contributed by atoms with E-state index in [1.807, 2.05) is 12.2 Å². The number of ketones is 2. The second-order valence-electron chi connectivity index (χ2n) is 15.6. The van der Waals surface area contributed by atoms with Gasteiger partial charge in [0.1, 0.15) is 0 Å². The fourth-order valence-electron chi connectivity index (χ4n) is 4.81. The molecule has 0 amide bonds. The van der Waals surface area contributed by atoms with Crippen molar-refractivity contribution in [2.24, 2.45) is 21.7 Å². The molecule has 2 atom stereocenters. The number of allylic oxidation sites excluding steroid dienone is 10. The molecule has 43 heavy (non-hydrogen) atoms. The van der Waals surface area contributed by atoms with Gasteiger partial charge in [-0.25, -0.2) is 0 Å². The minimum atomic E-state index is -0.286. The molecule has 0 aliphatic heterocycles. The molecule has 2 N–H and O–H groups in total. The predicted octanol–water partition coefficient (Wildman–Crippen LogP) is 7.02. The third-order valence-corrected chi connectivity index (χ3v) is 7.67. The van der Waals surface area contributed by atoms with Gasteiger partial charge in [-0.2, -0.15) is 0 Å². The Morgan fingerprint density at radius 2 is 0.884 bits per heavy atom. The van der Waals surface area contributed by atoms with E-state index in [1.54, 1.807) is 26.6 Å². The van der Waals surface area contributed by atoms with Crippen molar-refractivity contribution < 1.29 is 35.6 Å². The van der Waals surface area contributed by atoms with Crippen molar-refractivity contribution in [2.45, 2.75) is 95.2 Å². The van der Waals surface area contributed by atoms with Crippen LogP contribution in [0.25, 0.3) is 0 Å². The summed E-state index contributed by atoms with van der Waals surface area (Å²) in [5, 5.41) is 6.90. The van der Waals surface area contributed by atoms with Crippen LogP contribution in [0.5, 0.6) is 0 Å². The summed E-state index contributed by atoms with van der Waals surface area (Å²) < 4.78 is 11.2. The van der Waals surface area contributed by atoms with Crippen LogP contribution in [0.15, 0.2) is 70.1 Å². The molecule has 0 spiro atoms. The average molecular weight is 640 g/mol. The van der Waals surface area contributed by atoms with Crippen LogP contribution in [-0.4, -0.2) is 51.1 Å². The number of methoxy groups -OCH3 is 2. The van der Waals surface area contributed by atoms with Gasteiger partial charge in [0.2, 0.25) is 0 Å². The van der Waals surface area contributed by atoms with Crippen molar-refractivity contribution in [3.63, 3.8) is 0 Å². The smallest absolute Gasteiger partial charge is 0.191 e. The third kappa shape index (κ3) is 10.4. The molecule has 0 saturated carbocycles. The number of carbonyl (C=O) groups excluding carboxylic acids is 2. The van der Waals surface area contributed by atoms with Crippen LogP contribution in [-0.2, 0) is 35.6 Å². The first-order valence-electron chi connectivity index (χ1n) is 15.0. The quantitative estimate of drug-likeness (QED) is 0.209. The molecular formula is C36H56N2NiO4. The van der Waals surface area contributed by atoms with Crippen LogP contribution in [0.4, 0.5) is 0 Å². The summed E-state index contributed by atoms with van der Waals surface area (Å²) in [5.74, 6) is 0.0402. The largest absolute Gasteiger partial charge is 0.383 e. The average Bonchev–Trinajstić information content (AvgIpc) is 2.83. The van der Waals surface area contributed by atoms with Gasteiger partial charge in [-0.15, -0.1) is 0 Å². The van der Waals surface area contributed by atoms with Gasteiger partial charge < -0.3 is 20.1 Å². The van der Waals surface area contributed by atoms with E-state index in [-0.39, 0.29) is 61.8 Å². The zero-order valence-corrected chi connectivity index (χ0v) is 30.0. The van der Waals surface area contributed by atoms with Gasteiger partial charge >= 0.3 is 0 Å². The first kappa shape index (κ1) is 38.8. The maximum atomic E-state index is 13.6. The van der Waals surface area contributed by atoms with E-state index in [9.17, 15) is 9.59 Å². The van der Waals surface area contributed by atoms with Crippen LogP contribution >= 0.6 is 0 Å². The second kappa shape index (κ2) is 14.7. The van der Waals surface area contributed by atoms with Crippen LogP contribution < -0.4 is 10.6 Å². The topological polar surface area (TPSA) is 76.7 Å². The van der Waals surface area contributed by atoms with Crippen LogP contribution in [0.1, 0.15) is 83.1 Å². The summed E-state index contributed by atoms with van der Waals surface area (Å²) in [6.45, 7) is 26.1. The minimum Gasteiger partial charge on any atom is -0.383 e. The first-order chi connectivity index (χ1) is 19.1. The molecule has 0 bridgehead atoms. The van der Waals surface area contributed by atoms with Gasteiger partial charge in [0, 0.05) is 65.4 Å². The number of hydrogen-bond donors (Lipinski definition) is 2. The summed E-state index contributed by atoms with van der Waals surface area (Å²) >= 11 is 0. The van der Waals surface area contributed by atoms with Gasteiger partial charge in [-0.3, -0.25) is 9.59 Å². The van der Waals surface area contributed by atoms with Crippen molar-refractivity contribution in [1.82, 2.24) is 10.6 Å². The predicted molar refractivity (Wildman–Crippen MR) is 174 cm³/mol. The molecule has 0 saturated heterocycles. The van der Waals surface area contributed by atoms with E-state index in [4.69, 9.17) is 9.47 Å². The monoisotopic (exact) mass is 638 g/mol. The van der Waals surface area contributed by atoms with Gasteiger partial charge in [0.15, 0.2) is 11.6 Å². The SMILES string of the molecule is COC[C@@H](N/C=C1/C=C(C(C)(C)C)C=C(C(C)(C)C)C1=O)[C@@H](COC)N/C=C1/C=C(C(C)(C)C)C=C(C(C)(C)C)C1=O.[Ni]. The van der Waals surface area contributed by atoms with E-state index < -0.39 is 0 Å². The second-order valence-corrected chi connectivity index (χ2v) is 15.6. The Bertz CT molecular complexity index is 1120. The Morgan fingerprint density at radius 1 is 0.581 bits per heavy atom. The molecule has 0 unspecified atom stereocenters. The molecule has 2 aliphatic rings. The zero-order valence-electron chi connectivity index (χ0n) is 29.0. The van der Waals surface area contributed by atoms with Crippen molar-refractivity contribution >= 4 is 11.6 Å². The molecule has 0 fully saturated rings. The Balaban J connectivity index is 0.00000924. The Hall–Kier alpha value is -2.21. The summed E-state index contributed by atoms with van der Waals surface area (Å²) in [6, 6.07) is -0.491. The molecule has 0 radical (unpaired) electrons. The summed E-state index contributed by atoms with van der Waals surface area (Å²) in [6.07, 6.45) is 11.7. The van der Waals surface area contributed by atoms with Crippen molar-refractivity contribution in [3.8, 4) is 0 Å². The number of hydrogen-bond acceptors (Lipinski definition) is 6. The van der Waals surface area contributed by atoms with Crippen LogP contribution in [0, 0.1) is 21.7 Å². The van der Waals surface area contributed by atoms with Crippen LogP contribution in [0.2, 0.25) is 0 Å². The van der Waals surface area contributed by atoms with Crippen molar-refractivity contribution in [1.29, 1.82) is 0 Å². The van der Waals surface area contributed by atoms with E-state index in [2.05, 4.69) is 106 Å². The summed E-state index contributed by atoms with van der Waals surface area (Å²) in [4.78, 5) is 27.1. The fourth-order valence-corrected chi connectivity index (χ4v) is 4.81. The summed E-state index contributed by atoms with van der Waals surface area (Å²) in [5.41, 5.74) is 4.24. The molecule has 2 rings (SSSR count). The van der Waals surface area contributed by atoms with Crippen LogP contribution in [0.3, 0.4) is 0 Å². The van der Waals surface area contributed by atoms with E-state index in [0.717, 1.165) is 22.3 Å². The molecule has 244 valence electrons. The molecular weight excluding hydrogens is 583 g/mol. The van der Waals surface area contributed by atoms with E-state index in [1.165, 1.54) is 0 Å². The Morgan fingerprint density at radius 3 is 1.12 bits per heavy atom. The molecule has 0 heterocycles. The number of Topliss-reactive ketones (excluding diaryl/α,β-unsaturated/α-hetero) is 2. The number of ether oxygens (including phenoxy) is 2. The molecule has 2 aliphatic carbocycles. The fraction of sp³-hybridized carbons (Fsp3) is 0.611. The number of rotatable bonds is 9. The standard InChI is InChI=1S/C36H56N2O4.Ni/c1-33(2,3)25-15-23(31(39)27(17-25)35(7,8)9)19-37-29(21-41-13)30(22-42-14)38-20-24-16-26(34(4,5)6)18-28(32(24)40)36(10,11)12;/h15-20,29-30,37-38H,21-22H2,1-14H3;/b23-19-,24-20-;/t29-,30-;/m1./s1. The number of carbonyl (C=O) groups is 2. The minimum absolute atomic E-state index is 0. The Kier molecular flexibility index (Phi) is 13.3. The maximum absolute atomic E-state index is 13.6. The van der Waals surface area contributed by atoms with Gasteiger partial charge in [-0.1, -0.05) is 95.2 Å². The Labute approximate surface area is 271 Å². The van der Waals surface area contributed by atoms with Crippen molar-refractivity contribution in [2.75, 3.05) is 27.4 Å². The van der Waals surface area contributed by atoms with Gasteiger partial charge in [0.05, 0.1) is 25.3 Å². The molecule has 0 aromatic rings. The van der Waals surface area contributed by atoms with Crippen molar-refractivity contribution in [3.05, 3.63) is 70.1 Å². The zero-order chi connectivity index (χ0) is 32.3. The normalized spacial score (nSPS) is 20.1. The third-order valence-electron chi connectivity index (χ3n) is 7.67. The van der Waals surface area contributed by atoms with Gasteiger partial charge in [-0.05, 0) is 45.0 Å². The molecule has 7 heteroatoms. The molecule has 0 aromatic carbocycles. The van der Waals surface area contributed by atoms with E-state index >= 15 is 0 Å². The molecule has 0 aromatic heterocycles. The molecule has 6 nitrogen and oxygen atoms in total. The maximum Gasteiger partial charge on any atom is 0.191 e. The first-order valence-corrected chi connectivity index (χ1v) is 15.0. The van der Waals surface area contributed by atoms with E-state index in [0.29, 0.717) is 24.4 Å².